The number of unbranched alkanes of at least 4 members (excludes halogenated alkanes) is 6. The molecule has 1 fully saturated rings. The van der Waals surface area contributed by atoms with Crippen LogP contribution < -0.4 is 0 Å². The summed E-state index contributed by atoms with van der Waals surface area (Å²) in [5, 5.41) is 0. The van der Waals surface area contributed by atoms with Crippen LogP contribution in [-0.4, -0.2) is 36.0 Å². The van der Waals surface area contributed by atoms with E-state index >= 15 is 0 Å². The topological polar surface area (TPSA) is 6.48 Å². The van der Waals surface area contributed by atoms with Gasteiger partial charge in [0.2, 0.25) is 0 Å². The van der Waals surface area contributed by atoms with Crippen molar-refractivity contribution in [1.82, 2.24) is 9.80 Å². The normalized spacial score (nSPS) is 16.7. The minimum atomic E-state index is -0.204. The molecule has 0 spiro atoms. The zero-order valence-corrected chi connectivity index (χ0v) is 22.8. The van der Waals surface area contributed by atoms with E-state index in [1.165, 1.54) is 0 Å². The molecule has 0 N–H and O–H groups in total. The highest BCUT2D eigenvalue weighted by molar-refractivity contribution is 5.26. The monoisotopic (exact) mass is 518 g/mol. The first-order chi connectivity index (χ1) is 18.6. The molecular formula is C34H44F2N2. The molecule has 1 aliphatic heterocycles. The van der Waals surface area contributed by atoms with Gasteiger partial charge in [0.15, 0.2) is 0 Å². The molecule has 1 heterocycles. The second kappa shape index (κ2) is 16.9. The molecule has 2 atom stereocenters. The van der Waals surface area contributed by atoms with Crippen LogP contribution in [0.3, 0.4) is 0 Å². The Kier molecular flexibility index (Phi) is 13.2. The largest absolute Gasteiger partial charge is 0.290 e. The van der Waals surface area contributed by atoms with Gasteiger partial charge in [-0.2, -0.15) is 0 Å². The van der Waals surface area contributed by atoms with Crippen molar-refractivity contribution in [1.29, 1.82) is 0 Å². The van der Waals surface area contributed by atoms with Gasteiger partial charge in [0.05, 0.1) is 12.1 Å². The van der Waals surface area contributed by atoms with Crippen LogP contribution in [0.15, 0.2) is 98.1 Å². The van der Waals surface area contributed by atoms with Gasteiger partial charge in [0, 0.05) is 26.2 Å². The summed E-state index contributed by atoms with van der Waals surface area (Å²) in [5.74, 6) is -0.409. The Morgan fingerprint density at radius 1 is 0.579 bits per heavy atom. The predicted molar refractivity (Wildman–Crippen MR) is 157 cm³/mol. The van der Waals surface area contributed by atoms with Gasteiger partial charge in [0.1, 0.15) is 11.6 Å². The number of halogens is 2. The molecule has 38 heavy (non-hydrogen) atoms. The maximum Gasteiger partial charge on any atom is 0.123 e. The number of nitrogens with zero attached hydrogens (tertiary/aromatic N) is 2. The summed E-state index contributed by atoms with van der Waals surface area (Å²) in [7, 11) is 0. The van der Waals surface area contributed by atoms with Crippen LogP contribution in [0.2, 0.25) is 0 Å². The van der Waals surface area contributed by atoms with E-state index in [0.717, 1.165) is 88.7 Å². The SMILES string of the molecule is C=CCCCCC=CC(c1ccc(F)cc1)N1CCN(C(C=CCCCCC=C)c2ccc(F)cc2)CC1. The second-order valence-corrected chi connectivity index (χ2v) is 10.1. The highest BCUT2D eigenvalue weighted by atomic mass is 19.1. The van der Waals surface area contributed by atoms with Crippen molar-refractivity contribution in [3.8, 4) is 0 Å². The van der Waals surface area contributed by atoms with E-state index in [0.29, 0.717) is 0 Å². The molecule has 1 saturated heterocycles. The Bertz CT molecular complexity index is 918. The summed E-state index contributed by atoms with van der Waals surface area (Å²) >= 11 is 0. The first-order valence-corrected chi connectivity index (χ1v) is 14.2. The molecule has 0 bridgehead atoms. The molecule has 2 unspecified atom stereocenters. The van der Waals surface area contributed by atoms with Gasteiger partial charge in [-0.25, -0.2) is 8.78 Å². The molecule has 2 nitrogen and oxygen atoms in total. The molecule has 3 rings (SSSR count). The summed E-state index contributed by atoms with van der Waals surface area (Å²) in [5.41, 5.74) is 2.24. The Hall–Kier alpha value is -2.82. The zero-order chi connectivity index (χ0) is 27.0. The first kappa shape index (κ1) is 29.7. The standard InChI is InChI=1S/C34H44F2N2/c1-3-5-7-9-11-13-15-33(29-17-21-31(35)22-18-29)37-25-27-38(28-26-37)34(16-14-12-10-8-6-4-2)30-19-23-32(36)24-20-30/h3-4,13-24,33-34H,1-2,5-12,25-28H2. The molecule has 0 aliphatic carbocycles. The summed E-state index contributed by atoms with van der Waals surface area (Å²) in [6.07, 6.45) is 21.9. The molecule has 4 heteroatoms. The molecule has 0 aromatic heterocycles. The van der Waals surface area contributed by atoms with Crippen molar-refractivity contribution < 1.29 is 8.78 Å². The lowest BCUT2D eigenvalue weighted by molar-refractivity contribution is 0.0938. The first-order valence-electron chi connectivity index (χ1n) is 14.2. The highest BCUT2D eigenvalue weighted by Crippen LogP contribution is 2.29. The summed E-state index contributed by atoms with van der Waals surface area (Å²) in [6, 6.07) is 14.1. The van der Waals surface area contributed by atoms with Gasteiger partial charge in [-0.3, -0.25) is 9.80 Å². The maximum atomic E-state index is 13.7. The number of piperazine rings is 1. The van der Waals surface area contributed by atoms with Crippen LogP contribution in [0.4, 0.5) is 8.78 Å². The highest BCUT2D eigenvalue weighted by Gasteiger charge is 2.27. The Labute approximate surface area is 229 Å². The van der Waals surface area contributed by atoms with E-state index in [1.54, 1.807) is 24.3 Å². The Morgan fingerprint density at radius 3 is 1.26 bits per heavy atom. The number of hydrogen-bond donors (Lipinski definition) is 0. The van der Waals surface area contributed by atoms with E-state index in [2.05, 4.69) is 47.3 Å². The van der Waals surface area contributed by atoms with Crippen LogP contribution in [0.1, 0.15) is 74.6 Å². The van der Waals surface area contributed by atoms with Crippen LogP contribution in [0, 0.1) is 11.6 Å². The quantitative estimate of drug-likeness (QED) is 0.162. The lowest BCUT2D eigenvalue weighted by Gasteiger charge is -2.41. The number of rotatable bonds is 16. The average Bonchev–Trinajstić information content (AvgIpc) is 2.94. The van der Waals surface area contributed by atoms with Gasteiger partial charge < -0.3 is 0 Å². The van der Waals surface area contributed by atoms with Gasteiger partial charge in [-0.15, -0.1) is 13.2 Å². The van der Waals surface area contributed by atoms with Gasteiger partial charge in [0.25, 0.3) is 0 Å². The summed E-state index contributed by atoms with van der Waals surface area (Å²) in [6.45, 7) is 11.3. The van der Waals surface area contributed by atoms with Gasteiger partial charge >= 0.3 is 0 Å². The lowest BCUT2D eigenvalue weighted by atomic mass is 10.0. The molecule has 2 aromatic rings. The molecule has 0 amide bonds. The third kappa shape index (κ3) is 9.81. The maximum absolute atomic E-state index is 13.7. The fourth-order valence-corrected chi connectivity index (χ4v) is 5.05. The van der Waals surface area contributed by atoms with Crippen molar-refractivity contribution in [3.63, 3.8) is 0 Å². The van der Waals surface area contributed by atoms with E-state index in [-0.39, 0.29) is 23.7 Å². The second-order valence-electron chi connectivity index (χ2n) is 10.1. The van der Waals surface area contributed by atoms with E-state index in [9.17, 15) is 8.78 Å². The van der Waals surface area contributed by atoms with Crippen molar-refractivity contribution in [3.05, 3.63) is 121 Å². The van der Waals surface area contributed by atoms with Crippen LogP contribution in [-0.2, 0) is 0 Å². The number of allylic oxidation sites excluding steroid dienone is 4. The third-order valence-corrected chi connectivity index (χ3v) is 7.25. The molecule has 0 radical (unpaired) electrons. The summed E-state index contributed by atoms with van der Waals surface area (Å²) < 4.78 is 27.3. The smallest absolute Gasteiger partial charge is 0.123 e. The van der Waals surface area contributed by atoms with Crippen molar-refractivity contribution in [2.45, 2.75) is 63.5 Å². The molecular weight excluding hydrogens is 474 g/mol. The fourth-order valence-electron chi connectivity index (χ4n) is 5.05. The van der Waals surface area contributed by atoms with Gasteiger partial charge in [-0.05, 0) is 86.8 Å². The minimum absolute atomic E-state index is 0.127. The van der Waals surface area contributed by atoms with Crippen molar-refractivity contribution >= 4 is 0 Å². The lowest BCUT2D eigenvalue weighted by Crippen LogP contribution is -2.48. The zero-order valence-electron chi connectivity index (χ0n) is 22.8. The predicted octanol–water partition coefficient (Wildman–Crippen LogP) is 8.97. The van der Waals surface area contributed by atoms with Crippen LogP contribution >= 0.6 is 0 Å². The number of benzene rings is 2. The van der Waals surface area contributed by atoms with E-state index < -0.39 is 0 Å². The van der Waals surface area contributed by atoms with Crippen molar-refractivity contribution in [2.75, 3.05) is 26.2 Å². The summed E-state index contributed by atoms with van der Waals surface area (Å²) in [4.78, 5) is 4.98. The van der Waals surface area contributed by atoms with Crippen LogP contribution in [0.25, 0.3) is 0 Å². The van der Waals surface area contributed by atoms with E-state index in [4.69, 9.17) is 0 Å². The molecule has 2 aromatic carbocycles. The molecule has 0 saturated carbocycles. The Balaban J connectivity index is 1.68. The number of hydrogen-bond acceptors (Lipinski definition) is 2. The molecule has 204 valence electrons. The minimum Gasteiger partial charge on any atom is -0.290 e. The van der Waals surface area contributed by atoms with E-state index in [1.807, 2.05) is 36.4 Å². The van der Waals surface area contributed by atoms with Crippen LogP contribution in [0.5, 0.6) is 0 Å². The fraction of sp³-hybridized carbons (Fsp3) is 0.412. The van der Waals surface area contributed by atoms with Gasteiger partial charge in [-0.1, -0.05) is 60.7 Å². The Morgan fingerprint density at radius 2 is 0.921 bits per heavy atom. The average molecular weight is 519 g/mol. The molecule has 1 aliphatic rings. The third-order valence-electron chi connectivity index (χ3n) is 7.25. The van der Waals surface area contributed by atoms with Crippen molar-refractivity contribution in [2.24, 2.45) is 0 Å².